The first-order valence-corrected chi connectivity index (χ1v) is 6.35. The highest BCUT2D eigenvalue weighted by Crippen LogP contribution is 2.06. The predicted molar refractivity (Wildman–Crippen MR) is 65.6 cm³/mol. The zero-order valence-corrected chi connectivity index (χ0v) is 10.8. The summed E-state index contributed by atoms with van der Waals surface area (Å²) >= 11 is 0. The fourth-order valence-corrected chi connectivity index (χ4v) is 1.87. The van der Waals surface area contributed by atoms with Crippen LogP contribution in [0.4, 0.5) is 0 Å². The molecule has 0 bridgehead atoms. The lowest BCUT2D eigenvalue weighted by atomic mass is 10.1. The molecule has 3 atom stereocenters. The smallest absolute Gasteiger partial charge is 0.0826 e. The van der Waals surface area contributed by atoms with Gasteiger partial charge in [0.2, 0.25) is 0 Å². The van der Waals surface area contributed by atoms with Gasteiger partial charge in [-0.1, -0.05) is 13.8 Å². The number of rotatable bonds is 6. The van der Waals surface area contributed by atoms with Crippen LogP contribution in [0.25, 0.3) is 0 Å². The normalized spacial score (nSPS) is 26.6. The van der Waals surface area contributed by atoms with E-state index >= 15 is 0 Å². The SMILES string of the molecule is CCN1CCOC(CNC(C)C(C)CO)C1. The minimum atomic E-state index is 0.237. The van der Waals surface area contributed by atoms with E-state index in [1.165, 1.54) is 0 Å². The van der Waals surface area contributed by atoms with Crippen molar-refractivity contribution < 1.29 is 9.84 Å². The highest BCUT2D eigenvalue weighted by atomic mass is 16.5. The van der Waals surface area contributed by atoms with Gasteiger partial charge >= 0.3 is 0 Å². The zero-order chi connectivity index (χ0) is 12.0. The van der Waals surface area contributed by atoms with E-state index in [4.69, 9.17) is 9.84 Å². The molecule has 1 saturated heterocycles. The number of aliphatic hydroxyl groups excluding tert-OH is 1. The fraction of sp³-hybridized carbons (Fsp3) is 1.00. The standard InChI is InChI=1S/C12H26N2O2/c1-4-14-5-6-16-12(8-14)7-13-11(3)10(2)9-15/h10-13,15H,4-9H2,1-3H3. The van der Waals surface area contributed by atoms with Crippen molar-refractivity contribution in [3.63, 3.8) is 0 Å². The van der Waals surface area contributed by atoms with Crippen LogP contribution in [-0.4, -0.2) is 61.5 Å². The van der Waals surface area contributed by atoms with Crippen molar-refractivity contribution in [2.45, 2.75) is 32.9 Å². The van der Waals surface area contributed by atoms with Gasteiger partial charge in [0.15, 0.2) is 0 Å². The van der Waals surface area contributed by atoms with Crippen LogP contribution in [0.5, 0.6) is 0 Å². The summed E-state index contributed by atoms with van der Waals surface area (Å²) in [5.74, 6) is 0.297. The van der Waals surface area contributed by atoms with E-state index in [2.05, 4.69) is 31.0 Å². The minimum absolute atomic E-state index is 0.237. The lowest BCUT2D eigenvalue weighted by molar-refractivity contribution is -0.0270. The third-order valence-electron chi connectivity index (χ3n) is 3.48. The Kier molecular flexibility index (Phi) is 6.28. The van der Waals surface area contributed by atoms with Gasteiger partial charge in [-0.15, -0.1) is 0 Å². The van der Waals surface area contributed by atoms with E-state index in [0.29, 0.717) is 18.1 Å². The number of ether oxygens (including phenoxy) is 1. The second-order valence-electron chi connectivity index (χ2n) is 4.74. The number of aliphatic hydroxyl groups is 1. The molecule has 0 aromatic rings. The Hall–Kier alpha value is -0.160. The Morgan fingerprint density at radius 2 is 2.25 bits per heavy atom. The Labute approximate surface area is 99.0 Å². The van der Waals surface area contributed by atoms with Crippen molar-refractivity contribution >= 4 is 0 Å². The second kappa shape index (κ2) is 7.22. The summed E-state index contributed by atoms with van der Waals surface area (Å²) < 4.78 is 5.71. The lowest BCUT2D eigenvalue weighted by Crippen LogP contribution is -2.48. The predicted octanol–water partition coefficient (Wildman–Crippen LogP) is 0.314. The van der Waals surface area contributed by atoms with E-state index in [9.17, 15) is 0 Å². The first kappa shape index (κ1) is 13.9. The molecule has 0 aromatic heterocycles. The second-order valence-corrected chi connectivity index (χ2v) is 4.74. The molecule has 0 aliphatic carbocycles. The molecule has 1 aliphatic rings. The van der Waals surface area contributed by atoms with Crippen molar-refractivity contribution in [3.05, 3.63) is 0 Å². The average molecular weight is 230 g/mol. The number of nitrogens with zero attached hydrogens (tertiary/aromatic N) is 1. The fourth-order valence-electron chi connectivity index (χ4n) is 1.87. The van der Waals surface area contributed by atoms with Crippen molar-refractivity contribution in [2.24, 2.45) is 5.92 Å². The Morgan fingerprint density at radius 3 is 2.88 bits per heavy atom. The topological polar surface area (TPSA) is 44.7 Å². The van der Waals surface area contributed by atoms with Crippen LogP contribution < -0.4 is 5.32 Å². The van der Waals surface area contributed by atoms with E-state index in [1.54, 1.807) is 0 Å². The van der Waals surface area contributed by atoms with Crippen LogP contribution in [0.15, 0.2) is 0 Å². The molecule has 96 valence electrons. The summed E-state index contributed by atoms with van der Waals surface area (Å²) in [6, 6.07) is 0.339. The Bertz CT molecular complexity index is 190. The van der Waals surface area contributed by atoms with Crippen molar-refractivity contribution in [1.82, 2.24) is 10.2 Å². The lowest BCUT2D eigenvalue weighted by Gasteiger charge is -2.33. The molecule has 1 fully saturated rings. The molecule has 0 radical (unpaired) electrons. The van der Waals surface area contributed by atoms with E-state index < -0.39 is 0 Å². The van der Waals surface area contributed by atoms with E-state index in [-0.39, 0.29) is 6.61 Å². The Balaban J connectivity index is 2.21. The third-order valence-corrected chi connectivity index (χ3v) is 3.48. The molecule has 0 saturated carbocycles. The van der Waals surface area contributed by atoms with Crippen LogP contribution in [0.3, 0.4) is 0 Å². The van der Waals surface area contributed by atoms with Gasteiger partial charge in [-0.05, 0) is 19.4 Å². The quantitative estimate of drug-likeness (QED) is 0.689. The largest absolute Gasteiger partial charge is 0.396 e. The molecule has 2 N–H and O–H groups in total. The minimum Gasteiger partial charge on any atom is -0.396 e. The van der Waals surface area contributed by atoms with Gasteiger partial charge < -0.3 is 15.2 Å². The van der Waals surface area contributed by atoms with Gasteiger partial charge in [0.25, 0.3) is 0 Å². The van der Waals surface area contributed by atoms with Gasteiger partial charge in [-0.3, -0.25) is 4.90 Å². The highest BCUT2D eigenvalue weighted by molar-refractivity contribution is 4.75. The molecule has 4 nitrogen and oxygen atoms in total. The maximum absolute atomic E-state index is 9.04. The molecule has 4 heteroatoms. The van der Waals surface area contributed by atoms with Crippen molar-refractivity contribution in [1.29, 1.82) is 0 Å². The maximum Gasteiger partial charge on any atom is 0.0826 e. The van der Waals surface area contributed by atoms with E-state index in [0.717, 1.165) is 32.8 Å². The third kappa shape index (κ3) is 4.37. The summed E-state index contributed by atoms with van der Waals surface area (Å²) in [6.07, 6.45) is 0.294. The molecule has 0 amide bonds. The summed E-state index contributed by atoms with van der Waals surface area (Å²) in [4.78, 5) is 2.41. The number of hydrogen-bond donors (Lipinski definition) is 2. The average Bonchev–Trinajstić information content (AvgIpc) is 2.35. The molecular weight excluding hydrogens is 204 g/mol. The van der Waals surface area contributed by atoms with Crippen molar-refractivity contribution in [3.8, 4) is 0 Å². The van der Waals surface area contributed by atoms with Crippen LogP contribution >= 0.6 is 0 Å². The molecule has 0 spiro atoms. The number of nitrogens with one attached hydrogen (secondary N) is 1. The molecule has 1 rings (SSSR count). The molecule has 16 heavy (non-hydrogen) atoms. The molecular formula is C12H26N2O2. The van der Waals surface area contributed by atoms with Crippen LogP contribution in [0.1, 0.15) is 20.8 Å². The Morgan fingerprint density at radius 1 is 1.50 bits per heavy atom. The molecule has 3 unspecified atom stereocenters. The summed E-state index contributed by atoms with van der Waals surface area (Å²) in [6.45, 7) is 11.5. The molecule has 1 aliphatic heterocycles. The highest BCUT2D eigenvalue weighted by Gasteiger charge is 2.20. The van der Waals surface area contributed by atoms with Gasteiger partial charge in [-0.2, -0.15) is 0 Å². The molecule has 1 heterocycles. The van der Waals surface area contributed by atoms with Crippen LogP contribution in [0.2, 0.25) is 0 Å². The zero-order valence-electron chi connectivity index (χ0n) is 10.8. The van der Waals surface area contributed by atoms with Gasteiger partial charge in [0.05, 0.1) is 12.7 Å². The maximum atomic E-state index is 9.04. The van der Waals surface area contributed by atoms with Gasteiger partial charge in [0.1, 0.15) is 0 Å². The van der Waals surface area contributed by atoms with Crippen LogP contribution in [-0.2, 0) is 4.74 Å². The first-order valence-electron chi connectivity index (χ1n) is 6.35. The van der Waals surface area contributed by atoms with E-state index in [1.807, 2.05) is 0 Å². The summed E-state index contributed by atoms with van der Waals surface area (Å²) in [5.41, 5.74) is 0. The number of hydrogen-bond acceptors (Lipinski definition) is 4. The first-order chi connectivity index (χ1) is 7.67. The van der Waals surface area contributed by atoms with Gasteiger partial charge in [-0.25, -0.2) is 0 Å². The summed E-state index contributed by atoms with van der Waals surface area (Å²) in [7, 11) is 0. The van der Waals surface area contributed by atoms with Crippen LogP contribution in [0, 0.1) is 5.92 Å². The van der Waals surface area contributed by atoms with Gasteiger partial charge in [0, 0.05) is 32.3 Å². The molecule has 0 aromatic carbocycles. The summed E-state index contributed by atoms with van der Waals surface area (Å²) in [5, 5.41) is 12.5. The van der Waals surface area contributed by atoms with Crippen molar-refractivity contribution in [2.75, 3.05) is 39.4 Å². The monoisotopic (exact) mass is 230 g/mol. The number of likely N-dealkylation sites (N-methyl/N-ethyl adjacent to an activating group) is 1. The number of morpholine rings is 1.